The molecule has 1 aliphatic heterocycles. The fraction of sp³-hybridized carbons (Fsp3) is 0.471. The van der Waals surface area contributed by atoms with E-state index in [2.05, 4.69) is 20.9 Å². The second kappa shape index (κ2) is 9.61. The Hall–Kier alpha value is -2.26. The van der Waals surface area contributed by atoms with Crippen molar-refractivity contribution in [3.05, 3.63) is 41.7 Å². The summed E-state index contributed by atoms with van der Waals surface area (Å²) in [5, 5.41) is 14.0. The number of benzene rings is 1. The molecule has 1 atom stereocenters. The molecule has 1 unspecified atom stereocenters. The number of amides is 1. The summed E-state index contributed by atoms with van der Waals surface area (Å²) >= 11 is 0. The van der Waals surface area contributed by atoms with Crippen LogP contribution in [0.25, 0.3) is 0 Å². The van der Waals surface area contributed by atoms with Gasteiger partial charge in [0.1, 0.15) is 12.4 Å². The highest BCUT2D eigenvalue weighted by Crippen LogP contribution is 2.18. The smallest absolute Gasteiger partial charge is 0.273 e. The van der Waals surface area contributed by atoms with Gasteiger partial charge in [-0.1, -0.05) is 5.21 Å². The van der Waals surface area contributed by atoms with E-state index < -0.39 is 17.7 Å². The standard InChI is InChI=1S/C17H21F2N5O2.ClH/c1-11(10-26-16-3-2-12(18)8-14(16)19)21-17(25)15-9-24(23-22-15)13-4-6-20-7-5-13;/h2-3,8-9,11,13,20H,4-7,10H2,1H3,(H,21,25);1H. The van der Waals surface area contributed by atoms with Crippen LogP contribution in [0, 0.1) is 11.6 Å². The maximum atomic E-state index is 13.5. The summed E-state index contributed by atoms with van der Waals surface area (Å²) in [4.78, 5) is 12.3. The number of carbonyl (C=O) groups excluding carboxylic acids is 1. The van der Waals surface area contributed by atoms with Crippen LogP contribution in [-0.4, -0.2) is 46.6 Å². The van der Waals surface area contributed by atoms with Crippen molar-refractivity contribution in [1.29, 1.82) is 0 Å². The van der Waals surface area contributed by atoms with Gasteiger partial charge in [-0.2, -0.15) is 0 Å². The Balaban J connectivity index is 0.00000261. The van der Waals surface area contributed by atoms with E-state index in [9.17, 15) is 13.6 Å². The Morgan fingerprint density at radius 2 is 2.15 bits per heavy atom. The molecule has 2 heterocycles. The first-order valence-corrected chi connectivity index (χ1v) is 8.54. The van der Waals surface area contributed by atoms with Crippen molar-refractivity contribution in [3.63, 3.8) is 0 Å². The Morgan fingerprint density at radius 3 is 2.85 bits per heavy atom. The predicted octanol–water partition coefficient (Wildman–Crippen LogP) is 2.10. The first kappa shape index (κ1) is 21.0. The highest BCUT2D eigenvalue weighted by Gasteiger charge is 2.19. The molecule has 1 amide bonds. The zero-order valence-electron chi connectivity index (χ0n) is 14.8. The molecular formula is C17H22ClF2N5O2. The number of aromatic nitrogens is 3. The Morgan fingerprint density at radius 1 is 1.41 bits per heavy atom. The van der Waals surface area contributed by atoms with Crippen molar-refractivity contribution in [1.82, 2.24) is 25.6 Å². The third-order valence-corrected chi connectivity index (χ3v) is 4.19. The molecule has 10 heteroatoms. The van der Waals surface area contributed by atoms with Gasteiger partial charge in [-0.25, -0.2) is 13.5 Å². The molecule has 0 radical (unpaired) electrons. The van der Waals surface area contributed by atoms with Crippen molar-refractivity contribution in [2.24, 2.45) is 0 Å². The van der Waals surface area contributed by atoms with Crippen LogP contribution in [-0.2, 0) is 0 Å². The summed E-state index contributed by atoms with van der Waals surface area (Å²) in [7, 11) is 0. The summed E-state index contributed by atoms with van der Waals surface area (Å²) in [6, 6.07) is 2.92. The Kier molecular flexibility index (Phi) is 7.49. The van der Waals surface area contributed by atoms with Crippen molar-refractivity contribution < 1.29 is 18.3 Å². The maximum Gasteiger partial charge on any atom is 0.273 e. The van der Waals surface area contributed by atoms with Crippen molar-refractivity contribution in [3.8, 4) is 5.75 Å². The van der Waals surface area contributed by atoms with Gasteiger partial charge in [-0.3, -0.25) is 4.79 Å². The molecule has 1 aromatic heterocycles. The average molecular weight is 402 g/mol. The molecule has 0 saturated carbocycles. The van der Waals surface area contributed by atoms with E-state index in [0.717, 1.165) is 38.1 Å². The zero-order valence-corrected chi connectivity index (χ0v) is 15.6. The largest absolute Gasteiger partial charge is 0.488 e. The number of hydrogen-bond acceptors (Lipinski definition) is 5. The van der Waals surface area contributed by atoms with Gasteiger partial charge >= 0.3 is 0 Å². The molecule has 0 spiro atoms. The van der Waals surface area contributed by atoms with Crippen molar-refractivity contribution in [2.45, 2.75) is 31.8 Å². The SMILES string of the molecule is CC(COc1ccc(F)cc1F)NC(=O)c1cn(C2CCNCC2)nn1.Cl. The van der Waals surface area contributed by atoms with Gasteiger partial charge in [0.15, 0.2) is 17.3 Å². The number of carbonyl (C=O) groups is 1. The lowest BCUT2D eigenvalue weighted by Crippen LogP contribution is -2.37. The molecule has 0 bridgehead atoms. The van der Waals surface area contributed by atoms with Gasteiger partial charge in [0.2, 0.25) is 0 Å². The summed E-state index contributed by atoms with van der Waals surface area (Å²) in [6.45, 7) is 3.59. The van der Waals surface area contributed by atoms with Gasteiger partial charge in [0.25, 0.3) is 5.91 Å². The van der Waals surface area contributed by atoms with Gasteiger partial charge in [-0.15, -0.1) is 17.5 Å². The second-order valence-electron chi connectivity index (χ2n) is 6.33. The van der Waals surface area contributed by atoms with E-state index in [0.29, 0.717) is 0 Å². The van der Waals surface area contributed by atoms with Crippen LogP contribution < -0.4 is 15.4 Å². The molecule has 3 rings (SSSR count). The molecule has 148 valence electrons. The van der Waals surface area contributed by atoms with E-state index in [1.165, 1.54) is 6.07 Å². The number of ether oxygens (including phenoxy) is 1. The van der Waals surface area contributed by atoms with Crippen LogP contribution in [0.15, 0.2) is 24.4 Å². The number of nitrogens with one attached hydrogen (secondary N) is 2. The zero-order chi connectivity index (χ0) is 18.5. The van der Waals surface area contributed by atoms with Crippen LogP contribution in [0.2, 0.25) is 0 Å². The topological polar surface area (TPSA) is 81.1 Å². The molecule has 1 aromatic carbocycles. The lowest BCUT2D eigenvalue weighted by molar-refractivity contribution is 0.0921. The summed E-state index contributed by atoms with van der Waals surface area (Å²) in [5.74, 6) is -1.90. The van der Waals surface area contributed by atoms with Crippen LogP contribution in [0.1, 0.15) is 36.3 Å². The normalized spacial score (nSPS) is 15.7. The first-order chi connectivity index (χ1) is 12.5. The Labute approximate surface area is 161 Å². The quantitative estimate of drug-likeness (QED) is 0.774. The maximum absolute atomic E-state index is 13.5. The third kappa shape index (κ3) is 5.61. The molecule has 1 fully saturated rings. The fourth-order valence-electron chi connectivity index (χ4n) is 2.78. The summed E-state index contributed by atoms with van der Waals surface area (Å²) < 4.78 is 33.4. The lowest BCUT2D eigenvalue weighted by atomic mass is 10.1. The Bertz CT molecular complexity index is 768. The minimum Gasteiger partial charge on any atom is -0.488 e. The number of hydrogen-bond donors (Lipinski definition) is 2. The van der Waals surface area contributed by atoms with Crippen molar-refractivity contribution >= 4 is 18.3 Å². The molecule has 7 nitrogen and oxygen atoms in total. The number of piperidine rings is 1. The fourth-order valence-corrected chi connectivity index (χ4v) is 2.78. The van der Waals surface area contributed by atoms with Gasteiger partial charge in [0, 0.05) is 6.07 Å². The van der Waals surface area contributed by atoms with Crippen molar-refractivity contribution in [2.75, 3.05) is 19.7 Å². The molecule has 2 aromatic rings. The van der Waals surface area contributed by atoms with Crippen LogP contribution >= 0.6 is 12.4 Å². The lowest BCUT2D eigenvalue weighted by Gasteiger charge is -2.22. The predicted molar refractivity (Wildman–Crippen MR) is 97.2 cm³/mol. The van der Waals surface area contributed by atoms with E-state index in [1.54, 1.807) is 17.8 Å². The highest BCUT2D eigenvalue weighted by molar-refractivity contribution is 5.92. The monoisotopic (exact) mass is 401 g/mol. The molecular weight excluding hydrogens is 380 g/mol. The minimum atomic E-state index is -0.784. The molecule has 1 saturated heterocycles. The summed E-state index contributed by atoms with van der Waals surface area (Å²) in [6.07, 6.45) is 3.52. The molecule has 27 heavy (non-hydrogen) atoms. The van der Waals surface area contributed by atoms with E-state index in [1.807, 2.05) is 0 Å². The van der Waals surface area contributed by atoms with Gasteiger partial charge < -0.3 is 15.4 Å². The number of halogens is 3. The van der Waals surface area contributed by atoms with Gasteiger partial charge in [-0.05, 0) is 45.0 Å². The number of nitrogens with zero attached hydrogens (tertiary/aromatic N) is 3. The highest BCUT2D eigenvalue weighted by atomic mass is 35.5. The van der Waals surface area contributed by atoms with E-state index in [4.69, 9.17) is 4.74 Å². The van der Waals surface area contributed by atoms with Gasteiger partial charge in [0.05, 0.1) is 18.3 Å². The van der Waals surface area contributed by atoms with E-state index >= 15 is 0 Å². The first-order valence-electron chi connectivity index (χ1n) is 8.54. The molecule has 2 N–H and O–H groups in total. The average Bonchev–Trinajstić information content (AvgIpc) is 3.12. The van der Waals surface area contributed by atoms with Crippen LogP contribution in [0.4, 0.5) is 8.78 Å². The third-order valence-electron chi connectivity index (χ3n) is 4.19. The number of rotatable bonds is 6. The van der Waals surface area contributed by atoms with E-state index in [-0.39, 0.29) is 42.4 Å². The van der Waals surface area contributed by atoms with Crippen LogP contribution in [0.3, 0.4) is 0 Å². The minimum absolute atomic E-state index is 0. The van der Waals surface area contributed by atoms with Crippen LogP contribution in [0.5, 0.6) is 5.75 Å². The summed E-state index contributed by atoms with van der Waals surface area (Å²) in [5.41, 5.74) is 0.225. The molecule has 0 aliphatic carbocycles. The molecule has 1 aliphatic rings. The second-order valence-corrected chi connectivity index (χ2v) is 6.33.